The van der Waals surface area contributed by atoms with Gasteiger partial charge < -0.3 is 9.84 Å². The number of ether oxygens (including phenoxy) is 1. The molecule has 0 atom stereocenters. The van der Waals surface area contributed by atoms with Crippen molar-refractivity contribution in [2.24, 2.45) is 0 Å². The Labute approximate surface area is 116 Å². The highest BCUT2D eigenvalue weighted by molar-refractivity contribution is 5.70. The standard InChI is InChI=1S/C16H15FO3/c1-11-8-14(6-7-15(11)17)20-10-13-4-2-12(3-5-13)9-16(18)19/h2-8H,9-10H2,1H3,(H,18,19). The van der Waals surface area contributed by atoms with Gasteiger partial charge in [-0.15, -0.1) is 0 Å². The third kappa shape index (κ3) is 3.82. The van der Waals surface area contributed by atoms with Crippen molar-refractivity contribution < 1.29 is 19.0 Å². The van der Waals surface area contributed by atoms with Gasteiger partial charge in [-0.25, -0.2) is 4.39 Å². The zero-order chi connectivity index (χ0) is 14.5. The van der Waals surface area contributed by atoms with Gasteiger partial charge in [0.1, 0.15) is 18.2 Å². The fraction of sp³-hybridized carbons (Fsp3) is 0.188. The molecule has 0 saturated carbocycles. The minimum atomic E-state index is -0.851. The number of carboxylic acid groups (broad SMARTS) is 1. The number of aliphatic carboxylic acids is 1. The van der Waals surface area contributed by atoms with E-state index in [-0.39, 0.29) is 12.2 Å². The van der Waals surface area contributed by atoms with Crippen LogP contribution in [0.25, 0.3) is 0 Å². The van der Waals surface area contributed by atoms with Crippen LogP contribution in [0.5, 0.6) is 5.75 Å². The minimum Gasteiger partial charge on any atom is -0.489 e. The Bertz CT molecular complexity index is 606. The van der Waals surface area contributed by atoms with Crippen LogP contribution in [0.2, 0.25) is 0 Å². The van der Waals surface area contributed by atoms with E-state index < -0.39 is 5.97 Å². The van der Waals surface area contributed by atoms with E-state index in [0.717, 1.165) is 11.1 Å². The van der Waals surface area contributed by atoms with Crippen LogP contribution in [0.3, 0.4) is 0 Å². The smallest absolute Gasteiger partial charge is 0.307 e. The number of aryl methyl sites for hydroxylation is 1. The fourth-order valence-electron chi connectivity index (χ4n) is 1.80. The van der Waals surface area contributed by atoms with E-state index >= 15 is 0 Å². The van der Waals surface area contributed by atoms with Gasteiger partial charge in [0.25, 0.3) is 0 Å². The van der Waals surface area contributed by atoms with Crippen molar-refractivity contribution in [3.8, 4) is 5.75 Å². The molecule has 20 heavy (non-hydrogen) atoms. The van der Waals surface area contributed by atoms with Crippen molar-refractivity contribution in [3.63, 3.8) is 0 Å². The second-order valence-electron chi connectivity index (χ2n) is 4.59. The molecule has 0 amide bonds. The van der Waals surface area contributed by atoms with E-state index in [9.17, 15) is 9.18 Å². The first kappa shape index (κ1) is 14.1. The summed E-state index contributed by atoms with van der Waals surface area (Å²) in [6.07, 6.45) is 0.0122. The molecule has 2 aromatic rings. The molecule has 104 valence electrons. The number of rotatable bonds is 5. The van der Waals surface area contributed by atoms with Gasteiger partial charge in [0.15, 0.2) is 0 Å². The highest BCUT2D eigenvalue weighted by Crippen LogP contribution is 2.17. The van der Waals surface area contributed by atoms with Crippen molar-refractivity contribution in [3.05, 3.63) is 65.0 Å². The van der Waals surface area contributed by atoms with E-state index in [1.807, 2.05) is 12.1 Å². The molecule has 0 bridgehead atoms. The minimum absolute atomic E-state index is 0.0122. The highest BCUT2D eigenvalue weighted by atomic mass is 19.1. The summed E-state index contributed by atoms with van der Waals surface area (Å²) >= 11 is 0. The molecule has 0 fully saturated rings. The Morgan fingerprint density at radius 2 is 1.80 bits per heavy atom. The van der Waals surface area contributed by atoms with Crippen molar-refractivity contribution in [2.45, 2.75) is 20.0 Å². The predicted octanol–water partition coefficient (Wildman–Crippen LogP) is 3.34. The third-order valence-corrected chi connectivity index (χ3v) is 2.91. The van der Waals surface area contributed by atoms with Crippen molar-refractivity contribution in [2.75, 3.05) is 0 Å². The van der Waals surface area contributed by atoms with Crippen LogP contribution in [0.1, 0.15) is 16.7 Å². The summed E-state index contributed by atoms with van der Waals surface area (Å²) in [5.74, 6) is -0.496. The van der Waals surface area contributed by atoms with Gasteiger partial charge >= 0.3 is 5.97 Å². The molecular formula is C16H15FO3. The van der Waals surface area contributed by atoms with Gasteiger partial charge in [-0.1, -0.05) is 24.3 Å². The number of carboxylic acids is 1. The van der Waals surface area contributed by atoms with E-state index in [4.69, 9.17) is 9.84 Å². The maximum absolute atomic E-state index is 13.1. The van der Waals surface area contributed by atoms with Gasteiger partial charge in [-0.2, -0.15) is 0 Å². The first-order valence-electron chi connectivity index (χ1n) is 6.23. The molecular weight excluding hydrogens is 259 g/mol. The van der Waals surface area contributed by atoms with E-state index in [2.05, 4.69) is 0 Å². The van der Waals surface area contributed by atoms with E-state index in [0.29, 0.717) is 17.9 Å². The molecule has 0 saturated heterocycles. The highest BCUT2D eigenvalue weighted by Gasteiger charge is 2.02. The molecule has 0 aromatic heterocycles. The zero-order valence-corrected chi connectivity index (χ0v) is 11.1. The maximum atomic E-state index is 13.1. The Kier molecular flexibility index (Phi) is 4.35. The molecule has 0 spiro atoms. The first-order valence-corrected chi connectivity index (χ1v) is 6.23. The van der Waals surface area contributed by atoms with Crippen LogP contribution in [-0.4, -0.2) is 11.1 Å². The quantitative estimate of drug-likeness (QED) is 0.909. The Morgan fingerprint density at radius 1 is 1.15 bits per heavy atom. The van der Waals surface area contributed by atoms with Gasteiger partial charge in [0.2, 0.25) is 0 Å². The van der Waals surface area contributed by atoms with Crippen LogP contribution >= 0.6 is 0 Å². The monoisotopic (exact) mass is 274 g/mol. The normalized spacial score (nSPS) is 10.3. The number of hydrogen-bond donors (Lipinski definition) is 1. The lowest BCUT2D eigenvalue weighted by atomic mass is 10.1. The molecule has 0 heterocycles. The molecule has 0 radical (unpaired) electrons. The molecule has 0 aliphatic rings. The summed E-state index contributed by atoms with van der Waals surface area (Å²) < 4.78 is 18.7. The summed E-state index contributed by atoms with van der Waals surface area (Å²) in [4.78, 5) is 10.6. The van der Waals surface area contributed by atoms with Crippen LogP contribution in [0, 0.1) is 12.7 Å². The average molecular weight is 274 g/mol. The second kappa shape index (κ2) is 6.19. The molecule has 0 aliphatic carbocycles. The molecule has 3 nitrogen and oxygen atoms in total. The molecule has 0 unspecified atom stereocenters. The topological polar surface area (TPSA) is 46.5 Å². The molecule has 2 aromatic carbocycles. The summed E-state index contributed by atoms with van der Waals surface area (Å²) in [6.45, 7) is 2.04. The Balaban J connectivity index is 1.96. The summed E-state index contributed by atoms with van der Waals surface area (Å²) in [5.41, 5.74) is 2.22. The fourth-order valence-corrected chi connectivity index (χ4v) is 1.80. The van der Waals surface area contributed by atoms with Gasteiger partial charge in [-0.05, 0) is 41.8 Å². The largest absolute Gasteiger partial charge is 0.489 e. The molecule has 0 aliphatic heterocycles. The Morgan fingerprint density at radius 3 is 2.40 bits per heavy atom. The number of halogens is 1. The number of carbonyl (C=O) groups is 1. The van der Waals surface area contributed by atoms with E-state index in [1.165, 1.54) is 6.07 Å². The number of hydrogen-bond acceptors (Lipinski definition) is 2. The molecule has 2 rings (SSSR count). The Hall–Kier alpha value is -2.36. The van der Waals surface area contributed by atoms with Crippen LogP contribution in [0.15, 0.2) is 42.5 Å². The average Bonchev–Trinajstić information content (AvgIpc) is 2.41. The second-order valence-corrected chi connectivity index (χ2v) is 4.59. The van der Waals surface area contributed by atoms with Gasteiger partial charge in [0.05, 0.1) is 6.42 Å². The SMILES string of the molecule is Cc1cc(OCc2ccc(CC(=O)O)cc2)ccc1F. The first-order chi connectivity index (χ1) is 9.54. The maximum Gasteiger partial charge on any atom is 0.307 e. The zero-order valence-electron chi connectivity index (χ0n) is 11.1. The summed E-state index contributed by atoms with van der Waals surface area (Å²) in [6, 6.07) is 11.8. The lowest BCUT2D eigenvalue weighted by molar-refractivity contribution is -0.136. The van der Waals surface area contributed by atoms with E-state index in [1.54, 1.807) is 31.2 Å². The van der Waals surface area contributed by atoms with Gasteiger partial charge in [0, 0.05) is 0 Å². The summed E-state index contributed by atoms with van der Waals surface area (Å²) in [5, 5.41) is 8.68. The van der Waals surface area contributed by atoms with Crippen LogP contribution in [0.4, 0.5) is 4.39 Å². The van der Waals surface area contributed by atoms with Crippen LogP contribution < -0.4 is 4.74 Å². The van der Waals surface area contributed by atoms with Crippen molar-refractivity contribution in [1.29, 1.82) is 0 Å². The molecule has 4 heteroatoms. The van der Waals surface area contributed by atoms with Crippen LogP contribution in [-0.2, 0) is 17.8 Å². The number of benzene rings is 2. The predicted molar refractivity (Wildman–Crippen MR) is 73.3 cm³/mol. The lowest BCUT2D eigenvalue weighted by Crippen LogP contribution is -2.01. The van der Waals surface area contributed by atoms with Crippen molar-refractivity contribution >= 4 is 5.97 Å². The third-order valence-electron chi connectivity index (χ3n) is 2.91. The van der Waals surface area contributed by atoms with Crippen molar-refractivity contribution in [1.82, 2.24) is 0 Å². The van der Waals surface area contributed by atoms with Gasteiger partial charge in [-0.3, -0.25) is 4.79 Å². The lowest BCUT2D eigenvalue weighted by Gasteiger charge is -2.08. The summed E-state index contributed by atoms with van der Waals surface area (Å²) in [7, 11) is 0. The molecule has 1 N–H and O–H groups in total.